The Balaban J connectivity index is 0.00000147. The number of aromatic nitrogens is 2. The Hall–Kier alpha value is -1.07. The number of fused-ring (bicyclic) bond motifs is 1. The number of nitrogens with one attached hydrogen (secondary N) is 1. The van der Waals surface area contributed by atoms with Crippen LogP contribution in [0.25, 0.3) is 0 Å². The standard InChI is InChI=1S/C14H22N4O.ClH/c1-14(2,3)18-9-12(6-16-18)13(19)17-7-10-4-15-5-11(10)8-17;/h6,9-11,15H,4-5,7-8H2,1-3H3;1H/t10-,11+;. The molecule has 0 radical (unpaired) electrons. The van der Waals surface area contributed by atoms with Gasteiger partial charge in [-0.15, -0.1) is 12.4 Å². The number of likely N-dealkylation sites (tertiary alicyclic amines) is 1. The number of rotatable bonds is 1. The monoisotopic (exact) mass is 298 g/mol. The van der Waals surface area contributed by atoms with E-state index in [0.717, 1.165) is 26.2 Å². The van der Waals surface area contributed by atoms with Gasteiger partial charge in [-0.2, -0.15) is 5.10 Å². The van der Waals surface area contributed by atoms with Gasteiger partial charge in [-0.1, -0.05) is 0 Å². The van der Waals surface area contributed by atoms with E-state index in [1.807, 2.05) is 15.8 Å². The van der Waals surface area contributed by atoms with Gasteiger partial charge in [0.2, 0.25) is 0 Å². The number of carbonyl (C=O) groups excluding carboxylic acids is 1. The Labute approximate surface area is 126 Å². The van der Waals surface area contributed by atoms with Crippen LogP contribution in [0.1, 0.15) is 31.1 Å². The van der Waals surface area contributed by atoms with Gasteiger partial charge in [0.25, 0.3) is 5.91 Å². The summed E-state index contributed by atoms with van der Waals surface area (Å²) < 4.78 is 1.86. The second kappa shape index (κ2) is 5.37. The third-order valence-electron chi connectivity index (χ3n) is 4.19. The maximum atomic E-state index is 12.5. The molecule has 0 spiro atoms. The molecule has 0 bridgehead atoms. The molecule has 6 heteroatoms. The van der Waals surface area contributed by atoms with Crippen molar-refractivity contribution >= 4 is 18.3 Å². The average molecular weight is 299 g/mol. The van der Waals surface area contributed by atoms with Gasteiger partial charge in [0, 0.05) is 32.4 Å². The number of amides is 1. The molecule has 2 saturated heterocycles. The van der Waals surface area contributed by atoms with Crippen molar-refractivity contribution in [2.75, 3.05) is 26.2 Å². The van der Waals surface area contributed by atoms with E-state index in [2.05, 4.69) is 31.2 Å². The molecule has 5 nitrogen and oxygen atoms in total. The Bertz CT molecular complexity index is 482. The summed E-state index contributed by atoms with van der Waals surface area (Å²) in [5.74, 6) is 1.41. The Morgan fingerprint density at radius 3 is 2.40 bits per heavy atom. The van der Waals surface area contributed by atoms with Crippen LogP contribution < -0.4 is 5.32 Å². The first-order valence-electron chi connectivity index (χ1n) is 7.00. The molecule has 20 heavy (non-hydrogen) atoms. The minimum absolute atomic E-state index is 0. The SMILES string of the molecule is CC(C)(C)n1cc(C(=O)N2C[C@H]3CNC[C@H]3C2)cn1.Cl. The maximum absolute atomic E-state index is 12.5. The van der Waals surface area contributed by atoms with Gasteiger partial charge >= 0.3 is 0 Å². The average Bonchev–Trinajstić information content (AvgIpc) is 3.01. The van der Waals surface area contributed by atoms with E-state index in [1.54, 1.807) is 6.20 Å². The second-order valence-corrected chi connectivity index (χ2v) is 6.73. The van der Waals surface area contributed by atoms with E-state index >= 15 is 0 Å². The third-order valence-corrected chi connectivity index (χ3v) is 4.19. The molecule has 112 valence electrons. The van der Waals surface area contributed by atoms with E-state index in [0.29, 0.717) is 17.4 Å². The van der Waals surface area contributed by atoms with E-state index < -0.39 is 0 Å². The van der Waals surface area contributed by atoms with E-state index in [1.165, 1.54) is 0 Å². The molecule has 2 aliphatic rings. The van der Waals surface area contributed by atoms with Crippen molar-refractivity contribution in [3.8, 4) is 0 Å². The van der Waals surface area contributed by atoms with Gasteiger partial charge in [0.05, 0.1) is 17.3 Å². The third kappa shape index (κ3) is 2.69. The van der Waals surface area contributed by atoms with Crippen LogP contribution in [0, 0.1) is 11.8 Å². The predicted molar refractivity (Wildman–Crippen MR) is 80.2 cm³/mol. The zero-order valence-corrected chi connectivity index (χ0v) is 13.1. The summed E-state index contributed by atoms with van der Waals surface area (Å²) in [5.41, 5.74) is 0.632. The highest BCUT2D eigenvalue weighted by molar-refractivity contribution is 5.94. The fraction of sp³-hybridized carbons (Fsp3) is 0.714. The molecule has 1 aromatic heterocycles. The predicted octanol–water partition coefficient (Wildman–Crippen LogP) is 1.35. The molecule has 2 fully saturated rings. The minimum Gasteiger partial charge on any atom is -0.338 e. The summed E-state index contributed by atoms with van der Waals surface area (Å²) in [6.45, 7) is 10.1. The summed E-state index contributed by atoms with van der Waals surface area (Å²) in [4.78, 5) is 14.5. The topological polar surface area (TPSA) is 50.2 Å². The number of nitrogens with zero attached hydrogens (tertiary/aromatic N) is 3. The molecule has 2 aliphatic heterocycles. The fourth-order valence-electron chi connectivity index (χ4n) is 3.00. The quantitative estimate of drug-likeness (QED) is 0.851. The highest BCUT2D eigenvalue weighted by Gasteiger charge is 2.38. The van der Waals surface area contributed by atoms with Gasteiger partial charge in [-0.05, 0) is 32.6 Å². The van der Waals surface area contributed by atoms with E-state index in [9.17, 15) is 4.79 Å². The first kappa shape index (κ1) is 15.3. The molecule has 0 unspecified atom stereocenters. The highest BCUT2D eigenvalue weighted by Crippen LogP contribution is 2.27. The van der Waals surface area contributed by atoms with Crippen molar-refractivity contribution in [1.82, 2.24) is 20.0 Å². The molecule has 0 aromatic carbocycles. The van der Waals surface area contributed by atoms with E-state index in [4.69, 9.17) is 0 Å². The summed E-state index contributed by atoms with van der Waals surface area (Å²) in [7, 11) is 0. The van der Waals surface area contributed by atoms with Crippen LogP contribution in [0.15, 0.2) is 12.4 Å². The van der Waals surface area contributed by atoms with Crippen molar-refractivity contribution in [2.45, 2.75) is 26.3 Å². The Morgan fingerprint density at radius 2 is 1.90 bits per heavy atom. The molecule has 3 heterocycles. The van der Waals surface area contributed by atoms with Crippen LogP contribution in [0.5, 0.6) is 0 Å². The molecular weight excluding hydrogens is 276 g/mol. The van der Waals surface area contributed by atoms with Crippen molar-refractivity contribution < 1.29 is 4.79 Å². The lowest BCUT2D eigenvalue weighted by Crippen LogP contribution is -2.31. The molecule has 1 amide bonds. The van der Waals surface area contributed by atoms with Gasteiger partial charge in [-0.25, -0.2) is 0 Å². The molecule has 0 aliphatic carbocycles. The number of hydrogen-bond acceptors (Lipinski definition) is 3. The molecule has 0 saturated carbocycles. The maximum Gasteiger partial charge on any atom is 0.257 e. The van der Waals surface area contributed by atoms with Crippen molar-refractivity contribution in [3.63, 3.8) is 0 Å². The normalized spacial score (nSPS) is 25.4. The molecular formula is C14H23ClN4O. The summed E-state index contributed by atoms with van der Waals surface area (Å²) in [5, 5.41) is 7.70. The molecule has 1 aromatic rings. The van der Waals surface area contributed by atoms with Crippen LogP contribution in [0.4, 0.5) is 0 Å². The fourth-order valence-corrected chi connectivity index (χ4v) is 3.00. The minimum atomic E-state index is -0.0794. The van der Waals surface area contributed by atoms with Crippen LogP contribution in [0.3, 0.4) is 0 Å². The van der Waals surface area contributed by atoms with Crippen LogP contribution in [0.2, 0.25) is 0 Å². The summed E-state index contributed by atoms with van der Waals surface area (Å²) in [6.07, 6.45) is 3.56. The van der Waals surface area contributed by atoms with E-state index in [-0.39, 0.29) is 23.9 Å². The van der Waals surface area contributed by atoms with Gasteiger partial charge in [-0.3, -0.25) is 9.48 Å². The lowest BCUT2D eigenvalue weighted by Gasteiger charge is -2.19. The first-order valence-corrected chi connectivity index (χ1v) is 7.00. The summed E-state index contributed by atoms with van der Waals surface area (Å²) >= 11 is 0. The summed E-state index contributed by atoms with van der Waals surface area (Å²) in [6, 6.07) is 0. The van der Waals surface area contributed by atoms with Gasteiger partial charge < -0.3 is 10.2 Å². The van der Waals surface area contributed by atoms with Gasteiger partial charge in [0.15, 0.2) is 0 Å². The molecule has 2 atom stereocenters. The zero-order chi connectivity index (χ0) is 13.6. The molecule has 1 N–H and O–H groups in total. The van der Waals surface area contributed by atoms with Gasteiger partial charge in [0.1, 0.15) is 0 Å². The largest absolute Gasteiger partial charge is 0.338 e. The van der Waals surface area contributed by atoms with Crippen LogP contribution in [-0.2, 0) is 5.54 Å². The van der Waals surface area contributed by atoms with Crippen molar-refractivity contribution in [2.24, 2.45) is 11.8 Å². The Morgan fingerprint density at radius 1 is 1.30 bits per heavy atom. The Kier molecular flexibility index (Phi) is 4.12. The lowest BCUT2D eigenvalue weighted by molar-refractivity contribution is 0.0781. The first-order chi connectivity index (χ1) is 8.95. The zero-order valence-electron chi connectivity index (χ0n) is 12.3. The molecule has 3 rings (SSSR count). The van der Waals surface area contributed by atoms with Crippen molar-refractivity contribution in [3.05, 3.63) is 18.0 Å². The number of hydrogen-bond donors (Lipinski definition) is 1. The number of carbonyl (C=O) groups is 1. The smallest absolute Gasteiger partial charge is 0.257 e. The van der Waals surface area contributed by atoms with Crippen LogP contribution in [-0.4, -0.2) is 46.8 Å². The number of halogens is 1. The highest BCUT2D eigenvalue weighted by atomic mass is 35.5. The van der Waals surface area contributed by atoms with Crippen LogP contribution >= 0.6 is 12.4 Å². The second-order valence-electron chi connectivity index (χ2n) is 6.73. The van der Waals surface area contributed by atoms with Crippen molar-refractivity contribution in [1.29, 1.82) is 0 Å². The lowest BCUT2D eigenvalue weighted by atomic mass is 10.0.